The van der Waals surface area contributed by atoms with Gasteiger partial charge >= 0.3 is 6.09 Å². The number of rotatable bonds is 22. The molecule has 1 saturated heterocycles. The Morgan fingerprint density at radius 2 is 1.24 bits per heavy atom. The summed E-state index contributed by atoms with van der Waals surface area (Å²) < 4.78 is 35.4. The molecule has 0 radical (unpaired) electrons. The molecule has 1 fully saturated rings. The van der Waals surface area contributed by atoms with Crippen LogP contribution in [-0.2, 0) is 29.4 Å². The molecule has 1 aliphatic heterocycles. The third-order valence-electron chi connectivity index (χ3n) is 11.5. The Kier molecular flexibility index (Phi) is 18.0. The minimum Gasteiger partial charge on any atom is -0.444 e. The lowest BCUT2D eigenvalue weighted by atomic mass is 10.0. The van der Waals surface area contributed by atoms with Gasteiger partial charge in [0.05, 0.1) is 43.6 Å². The molecule has 0 bridgehead atoms. The van der Waals surface area contributed by atoms with E-state index in [1.807, 2.05) is 49.9 Å². The quantitative estimate of drug-likeness (QED) is 0.0872. The van der Waals surface area contributed by atoms with Crippen LogP contribution in [0.3, 0.4) is 0 Å². The van der Waals surface area contributed by atoms with E-state index in [4.69, 9.17) is 22.8 Å². The summed E-state index contributed by atoms with van der Waals surface area (Å²) in [4.78, 5) is 16.7. The first-order valence-corrected chi connectivity index (χ1v) is 27.1. The van der Waals surface area contributed by atoms with E-state index in [9.17, 15) is 4.79 Å². The highest BCUT2D eigenvalue weighted by Gasteiger charge is 2.59. The average molecular weight is 736 g/mol. The second-order valence-corrected chi connectivity index (χ2v) is 29.2. The van der Waals surface area contributed by atoms with Crippen molar-refractivity contribution >= 4 is 31.0 Å². The molecule has 0 aromatic heterocycles. The van der Waals surface area contributed by atoms with Crippen LogP contribution in [-0.4, -0.2) is 78.5 Å². The highest BCUT2D eigenvalue weighted by atomic mass is 28.4. The largest absolute Gasteiger partial charge is 0.444 e. The Bertz CT molecular complexity index is 1080. The Labute approximate surface area is 304 Å². The molecule has 0 spiro atoms. The number of carbonyl (C=O) groups is 1. The molecule has 2 rings (SSSR count). The summed E-state index contributed by atoms with van der Waals surface area (Å²) in [5.74, 6) is 0. The standard InChI is InChI=1S/C39H73NO6Si3/c1-14-27-34(44-47(15-2,16-3)17-4)35-37(46-49(21-8,22-9)23-10)36(45-48(18-5,19-6)20-7)33(40(35)38(41)43-39(11,12)13)31-42-30-32-28-25-24-26-29-32/h14,24-26,28-29,33-37H,1,15-23,27,30-31H2,2-13H3/t33-,34-,35+,36-,37-/m1/s1. The summed E-state index contributed by atoms with van der Waals surface area (Å²) in [6.45, 7) is 31.2. The smallest absolute Gasteiger partial charge is 0.411 e. The van der Waals surface area contributed by atoms with Gasteiger partial charge in [0.25, 0.3) is 0 Å². The summed E-state index contributed by atoms with van der Waals surface area (Å²) in [6, 6.07) is 18.5. The maximum Gasteiger partial charge on any atom is 0.411 e. The topological polar surface area (TPSA) is 66.5 Å². The summed E-state index contributed by atoms with van der Waals surface area (Å²) in [7, 11) is -6.52. The van der Waals surface area contributed by atoms with Crippen molar-refractivity contribution in [3.05, 3.63) is 48.6 Å². The molecular formula is C39H73NO6Si3. The van der Waals surface area contributed by atoms with Gasteiger partial charge in [-0.1, -0.05) is 98.7 Å². The fourth-order valence-electron chi connectivity index (χ4n) is 7.56. The SMILES string of the molecule is C=CC[C@@H](O[Si](CC)(CC)CC)[C@H]1[C@@H](O[Si](CC)(CC)CC)[C@H](O[Si](CC)(CC)CC)[C@@H](COCc2ccccc2)N1C(=O)OC(C)(C)C. The third-order valence-corrected chi connectivity index (χ3v) is 25.4. The molecule has 0 saturated carbocycles. The zero-order chi connectivity index (χ0) is 36.9. The molecular weight excluding hydrogens is 663 g/mol. The lowest BCUT2D eigenvalue weighted by Gasteiger charge is -2.43. The van der Waals surface area contributed by atoms with Gasteiger partial charge in [-0.15, -0.1) is 6.58 Å². The summed E-state index contributed by atoms with van der Waals surface area (Å²) in [6.07, 6.45) is 1.17. The molecule has 5 atom stereocenters. The Morgan fingerprint density at radius 1 is 0.776 bits per heavy atom. The highest BCUT2D eigenvalue weighted by Crippen LogP contribution is 2.42. The van der Waals surface area contributed by atoms with E-state index in [2.05, 4.69) is 81.0 Å². The van der Waals surface area contributed by atoms with E-state index >= 15 is 0 Å². The zero-order valence-corrected chi connectivity index (χ0v) is 36.4. The van der Waals surface area contributed by atoms with Gasteiger partial charge in [0.2, 0.25) is 0 Å². The summed E-state index contributed by atoms with van der Waals surface area (Å²) in [5.41, 5.74) is 0.414. The van der Waals surface area contributed by atoms with Crippen LogP contribution < -0.4 is 0 Å². The molecule has 1 aromatic carbocycles. The first kappa shape index (κ1) is 43.9. The van der Waals surface area contributed by atoms with Crippen LogP contribution in [0.1, 0.15) is 95.1 Å². The Hall–Kier alpha value is -1.28. The van der Waals surface area contributed by atoms with Crippen LogP contribution in [0.15, 0.2) is 43.0 Å². The van der Waals surface area contributed by atoms with Crippen molar-refractivity contribution in [2.24, 2.45) is 0 Å². The van der Waals surface area contributed by atoms with Gasteiger partial charge in [-0.3, -0.25) is 4.90 Å². The normalized spacial score (nSPS) is 21.2. The Morgan fingerprint density at radius 3 is 1.67 bits per heavy atom. The number of hydrogen-bond donors (Lipinski definition) is 0. The van der Waals surface area contributed by atoms with Crippen molar-refractivity contribution in [2.45, 2.75) is 187 Å². The van der Waals surface area contributed by atoms with Crippen molar-refractivity contribution in [1.29, 1.82) is 0 Å². The van der Waals surface area contributed by atoms with E-state index in [1.165, 1.54) is 0 Å². The van der Waals surface area contributed by atoms with Crippen molar-refractivity contribution in [1.82, 2.24) is 4.90 Å². The molecule has 0 aliphatic carbocycles. The molecule has 1 aliphatic rings. The molecule has 0 N–H and O–H groups in total. The fraction of sp³-hybridized carbons (Fsp3) is 0.769. The number of nitrogens with zero attached hydrogens (tertiary/aromatic N) is 1. The first-order chi connectivity index (χ1) is 23.3. The van der Waals surface area contributed by atoms with Crippen molar-refractivity contribution in [3.8, 4) is 0 Å². The molecule has 1 aromatic rings. The molecule has 0 unspecified atom stereocenters. The average Bonchev–Trinajstić information content (AvgIpc) is 3.39. The molecule has 7 nitrogen and oxygen atoms in total. The monoisotopic (exact) mass is 735 g/mol. The number of amides is 1. The predicted molar refractivity (Wildman–Crippen MR) is 213 cm³/mol. The van der Waals surface area contributed by atoms with Gasteiger partial charge in [0.1, 0.15) is 5.60 Å². The number of carbonyl (C=O) groups excluding carboxylic acids is 1. The van der Waals surface area contributed by atoms with E-state index in [0.29, 0.717) is 19.6 Å². The van der Waals surface area contributed by atoms with Crippen molar-refractivity contribution < 1.29 is 27.5 Å². The maximum atomic E-state index is 14.7. The summed E-state index contributed by atoms with van der Waals surface area (Å²) >= 11 is 0. The molecule has 1 amide bonds. The van der Waals surface area contributed by atoms with Crippen LogP contribution in [0.25, 0.3) is 0 Å². The van der Waals surface area contributed by atoms with Gasteiger partial charge in [-0.05, 0) is 87.2 Å². The minimum atomic E-state index is -2.20. The van der Waals surface area contributed by atoms with Crippen molar-refractivity contribution in [3.63, 3.8) is 0 Å². The molecule has 1 heterocycles. The second-order valence-electron chi connectivity index (χ2n) is 15.0. The summed E-state index contributed by atoms with van der Waals surface area (Å²) in [5, 5.41) is 0. The van der Waals surface area contributed by atoms with Crippen molar-refractivity contribution in [2.75, 3.05) is 6.61 Å². The lowest BCUT2D eigenvalue weighted by molar-refractivity contribution is -0.0254. The first-order valence-electron chi connectivity index (χ1n) is 19.5. The van der Waals surface area contributed by atoms with Crippen LogP contribution in [0.5, 0.6) is 0 Å². The van der Waals surface area contributed by atoms with Crippen LogP contribution in [0.4, 0.5) is 4.79 Å². The van der Waals surface area contributed by atoms with Crippen LogP contribution in [0, 0.1) is 0 Å². The zero-order valence-electron chi connectivity index (χ0n) is 33.4. The van der Waals surface area contributed by atoms with Gasteiger partial charge in [0, 0.05) is 0 Å². The number of likely N-dealkylation sites (tertiary alicyclic amines) is 1. The van der Waals surface area contributed by atoms with E-state index in [-0.39, 0.29) is 24.4 Å². The van der Waals surface area contributed by atoms with Crippen LogP contribution in [0.2, 0.25) is 54.4 Å². The minimum absolute atomic E-state index is 0.301. The van der Waals surface area contributed by atoms with E-state index in [1.54, 1.807) is 0 Å². The second kappa shape index (κ2) is 20.1. The molecule has 10 heteroatoms. The van der Waals surface area contributed by atoms with Gasteiger partial charge in [0.15, 0.2) is 25.0 Å². The fourth-order valence-corrected chi connectivity index (χ4v) is 16.2. The molecule has 49 heavy (non-hydrogen) atoms. The third kappa shape index (κ3) is 11.4. The highest BCUT2D eigenvalue weighted by molar-refractivity contribution is 6.74. The number of ether oxygens (including phenoxy) is 2. The van der Waals surface area contributed by atoms with E-state index < -0.39 is 42.6 Å². The number of benzene rings is 1. The van der Waals surface area contributed by atoms with Gasteiger partial charge in [-0.25, -0.2) is 4.79 Å². The Balaban J connectivity index is 2.93. The van der Waals surface area contributed by atoms with Crippen LogP contribution >= 0.6 is 0 Å². The number of hydrogen-bond acceptors (Lipinski definition) is 6. The van der Waals surface area contributed by atoms with Gasteiger partial charge in [-0.2, -0.15) is 0 Å². The lowest BCUT2D eigenvalue weighted by Crippen LogP contribution is -2.57. The van der Waals surface area contributed by atoms with Gasteiger partial charge < -0.3 is 22.8 Å². The van der Waals surface area contributed by atoms with E-state index in [0.717, 1.165) is 60.0 Å². The molecule has 282 valence electrons. The predicted octanol–water partition coefficient (Wildman–Crippen LogP) is 10.9. The maximum absolute atomic E-state index is 14.7.